The van der Waals surface area contributed by atoms with E-state index in [0.29, 0.717) is 11.3 Å². The Bertz CT molecular complexity index is 1460. The number of carbonyl (C=O) groups excluding carboxylic acids is 1. The second kappa shape index (κ2) is 10.4. The number of hydrogen-bond acceptors (Lipinski definition) is 12. The molecule has 216 valence electrons. The number of aromatic nitrogens is 4. The molecule has 0 radical (unpaired) electrons. The minimum Gasteiger partial charge on any atom is -0.465 e. The van der Waals surface area contributed by atoms with E-state index < -0.39 is 55.3 Å². The Labute approximate surface area is 232 Å². The average Bonchev–Trinajstić information content (AvgIpc) is 3.17. The molecule has 17 heteroatoms. The first-order chi connectivity index (χ1) is 19.0. The summed E-state index contributed by atoms with van der Waals surface area (Å²) >= 11 is 6.21. The number of alkyl halides is 2. The summed E-state index contributed by atoms with van der Waals surface area (Å²) in [4.78, 5) is 24.7. The molecule has 0 amide bonds. The molecular weight excluding hydrogens is 572 g/mol. The fourth-order valence-corrected chi connectivity index (χ4v) is 6.93. The lowest BCUT2D eigenvalue weighted by molar-refractivity contribution is -0.144. The maximum atomic E-state index is 16.1. The zero-order chi connectivity index (χ0) is 28.9. The van der Waals surface area contributed by atoms with Crippen molar-refractivity contribution in [3.8, 4) is 5.75 Å². The van der Waals surface area contributed by atoms with Crippen LogP contribution in [-0.4, -0.2) is 79.6 Å². The number of halogens is 2. The molecule has 2 aliphatic rings. The van der Waals surface area contributed by atoms with Gasteiger partial charge in [-0.15, -0.1) is 11.6 Å². The summed E-state index contributed by atoms with van der Waals surface area (Å²) < 4.78 is 53.6. The second-order valence-electron chi connectivity index (χ2n) is 9.25. The molecule has 1 aliphatic heterocycles. The Morgan fingerprint density at radius 2 is 2.10 bits per heavy atom. The molecule has 1 aromatic carbocycles. The van der Waals surface area contributed by atoms with Crippen molar-refractivity contribution in [3.63, 3.8) is 0 Å². The Kier molecular flexibility index (Phi) is 7.40. The first-order valence-corrected chi connectivity index (χ1v) is 14.4. The summed E-state index contributed by atoms with van der Waals surface area (Å²) in [5.74, 6) is -0.809. The van der Waals surface area contributed by atoms with Gasteiger partial charge in [-0.3, -0.25) is 13.9 Å². The van der Waals surface area contributed by atoms with Gasteiger partial charge in [-0.1, -0.05) is 18.2 Å². The molecule has 5 N–H and O–H groups in total. The summed E-state index contributed by atoms with van der Waals surface area (Å²) in [7, 11) is -2.85. The topological polar surface area (TPSA) is 185 Å². The highest BCUT2D eigenvalue weighted by Crippen LogP contribution is 2.69. The van der Waals surface area contributed by atoms with Crippen molar-refractivity contribution in [1.82, 2.24) is 24.6 Å². The lowest BCUT2D eigenvalue weighted by Gasteiger charge is -2.27. The predicted octanol–water partition coefficient (Wildman–Crippen LogP) is 2.15. The van der Waals surface area contributed by atoms with Crippen LogP contribution < -0.4 is 20.7 Å². The van der Waals surface area contributed by atoms with Crippen LogP contribution in [-0.2, 0) is 23.4 Å². The van der Waals surface area contributed by atoms with E-state index in [4.69, 9.17) is 35.9 Å². The maximum absolute atomic E-state index is 16.1. The van der Waals surface area contributed by atoms with Crippen LogP contribution in [0.3, 0.4) is 0 Å². The van der Waals surface area contributed by atoms with Crippen LogP contribution in [0.2, 0.25) is 0 Å². The summed E-state index contributed by atoms with van der Waals surface area (Å²) in [5, 5.41) is 16.8. The molecule has 1 saturated heterocycles. The van der Waals surface area contributed by atoms with E-state index in [-0.39, 0.29) is 24.0 Å². The number of hydrogen-bond donors (Lipinski definition) is 4. The standard InChI is InChI=1S/C23H28ClFN7O7P/c1-4-36-19(33)12(2)31-40(35,38-13-8-6-5-7-9-13)39-20-22(10-24)23(20,34)15(25)18(37-22)32-11-28-14-16(27-3)29-21(26)30-17(14)32/h5-9,11-12,15,18,20,34H,4,10H2,1-3H3,(H,31,35)(H3,26,27,29,30)/t12-,15-,18-,20?,22-,23-,40-/m1/s1. The number of nitrogens with zero attached hydrogens (tertiary/aromatic N) is 4. The van der Waals surface area contributed by atoms with Gasteiger partial charge in [-0.2, -0.15) is 15.1 Å². The van der Waals surface area contributed by atoms with Crippen LogP contribution >= 0.6 is 19.3 Å². The molecule has 2 aromatic heterocycles. The van der Waals surface area contributed by atoms with E-state index in [1.165, 1.54) is 30.0 Å². The highest BCUT2D eigenvalue weighted by molar-refractivity contribution is 7.52. The highest BCUT2D eigenvalue weighted by atomic mass is 35.5. The molecular formula is C23H28ClFN7O7P. The number of para-hydroxylation sites is 1. The smallest absolute Gasteiger partial charge is 0.459 e. The van der Waals surface area contributed by atoms with Crippen molar-refractivity contribution in [2.75, 3.05) is 30.6 Å². The number of fused-ring (bicyclic) bond motifs is 2. The number of ether oxygens (including phenoxy) is 2. The van der Waals surface area contributed by atoms with Gasteiger partial charge in [0.05, 0.1) is 18.8 Å². The summed E-state index contributed by atoms with van der Waals surface area (Å²) in [6.07, 6.45) is -3.85. The number of benzene rings is 1. The maximum Gasteiger partial charge on any atom is 0.459 e. The molecule has 40 heavy (non-hydrogen) atoms. The van der Waals surface area contributed by atoms with E-state index in [9.17, 15) is 14.5 Å². The van der Waals surface area contributed by atoms with E-state index in [2.05, 4.69) is 25.4 Å². The number of nitrogens with one attached hydrogen (secondary N) is 2. The number of esters is 1. The molecule has 1 unspecified atom stereocenters. The number of aliphatic hydroxyl groups is 1. The van der Waals surface area contributed by atoms with E-state index in [1.54, 1.807) is 32.2 Å². The lowest BCUT2D eigenvalue weighted by Crippen LogP contribution is -2.38. The first-order valence-electron chi connectivity index (χ1n) is 12.3. The van der Waals surface area contributed by atoms with Crippen LogP contribution in [0, 0.1) is 0 Å². The monoisotopic (exact) mass is 599 g/mol. The van der Waals surface area contributed by atoms with Gasteiger partial charge in [-0.25, -0.2) is 13.9 Å². The van der Waals surface area contributed by atoms with E-state index >= 15 is 4.39 Å². The van der Waals surface area contributed by atoms with Crippen LogP contribution in [0.15, 0.2) is 36.7 Å². The molecule has 1 saturated carbocycles. The summed E-state index contributed by atoms with van der Waals surface area (Å²) in [5.41, 5.74) is 2.08. The van der Waals surface area contributed by atoms with Crippen molar-refractivity contribution in [2.24, 2.45) is 0 Å². The number of anilines is 2. The Morgan fingerprint density at radius 3 is 2.73 bits per heavy atom. The van der Waals surface area contributed by atoms with Crippen LogP contribution in [0.1, 0.15) is 20.1 Å². The minimum absolute atomic E-state index is 0.0847. The van der Waals surface area contributed by atoms with Crippen LogP contribution in [0.25, 0.3) is 11.2 Å². The largest absolute Gasteiger partial charge is 0.465 e. The Hall–Kier alpha value is -3.07. The fourth-order valence-electron chi connectivity index (χ4n) is 4.77. The zero-order valence-corrected chi connectivity index (χ0v) is 23.3. The molecule has 1 aliphatic carbocycles. The molecule has 7 atom stereocenters. The van der Waals surface area contributed by atoms with Gasteiger partial charge >= 0.3 is 13.7 Å². The molecule has 14 nitrogen and oxygen atoms in total. The van der Waals surface area contributed by atoms with Crippen molar-refractivity contribution >= 4 is 48.2 Å². The molecule has 0 bridgehead atoms. The van der Waals surface area contributed by atoms with Gasteiger partial charge in [0.25, 0.3) is 0 Å². The van der Waals surface area contributed by atoms with Gasteiger partial charge in [0.2, 0.25) is 5.95 Å². The van der Waals surface area contributed by atoms with Crippen LogP contribution in [0.4, 0.5) is 16.2 Å². The van der Waals surface area contributed by atoms with Crippen molar-refractivity contribution in [3.05, 3.63) is 36.7 Å². The van der Waals surface area contributed by atoms with Crippen molar-refractivity contribution in [1.29, 1.82) is 0 Å². The Morgan fingerprint density at radius 1 is 1.38 bits per heavy atom. The number of nitrogen functional groups attached to an aromatic ring is 1. The number of imidazole rings is 1. The number of carbonyl (C=O) groups is 1. The quantitative estimate of drug-likeness (QED) is 0.143. The van der Waals surface area contributed by atoms with Gasteiger partial charge in [0, 0.05) is 7.05 Å². The molecule has 0 spiro atoms. The predicted molar refractivity (Wildman–Crippen MR) is 141 cm³/mol. The molecule has 2 fully saturated rings. The van der Waals surface area contributed by atoms with Gasteiger partial charge in [-0.05, 0) is 26.0 Å². The summed E-state index contributed by atoms with van der Waals surface area (Å²) in [6, 6.07) is 6.84. The van der Waals surface area contributed by atoms with E-state index in [0.717, 1.165) is 0 Å². The number of nitrogens with two attached hydrogens (primary N) is 1. The third kappa shape index (κ3) is 4.46. The summed E-state index contributed by atoms with van der Waals surface area (Å²) in [6.45, 7) is 3.09. The normalized spacial score (nSPS) is 29.4. The third-order valence-corrected chi connectivity index (χ3v) is 8.81. The molecule has 5 rings (SSSR count). The van der Waals surface area contributed by atoms with Gasteiger partial charge in [0.15, 0.2) is 35.0 Å². The molecule has 3 aromatic rings. The van der Waals surface area contributed by atoms with Crippen molar-refractivity contribution in [2.45, 2.75) is 49.6 Å². The Balaban J connectivity index is 1.44. The fraction of sp³-hybridized carbons (Fsp3) is 0.478. The van der Waals surface area contributed by atoms with E-state index in [1.807, 2.05) is 0 Å². The average molecular weight is 600 g/mol. The molecule has 3 heterocycles. The zero-order valence-electron chi connectivity index (χ0n) is 21.7. The van der Waals surface area contributed by atoms with Gasteiger partial charge < -0.3 is 30.2 Å². The second-order valence-corrected chi connectivity index (χ2v) is 11.2. The first kappa shape index (κ1) is 28.5. The third-order valence-electron chi connectivity index (χ3n) is 6.77. The van der Waals surface area contributed by atoms with Crippen molar-refractivity contribution < 1.29 is 37.4 Å². The lowest BCUT2D eigenvalue weighted by atomic mass is 10.1. The SMILES string of the molecule is CCOC(=O)[C@@H](C)N[P@@](=O)(Oc1ccccc1)OC1[C@@]2(CCl)O[C@@H](n3cnc4c(NC)nc(N)nc43)[C@@H](F)[C@@]12O. The number of rotatable bonds is 11. The van der Waals surface area contributed by atoms with Gasteiger partial charge in [0.1, 0.15) is 23.5 Å². The minimum atomic E-state index is -4.46. The highest BCUT2D eigenvalue weighted by Gasteiger charge is 2.90. The van der Waals surface area contributed by atoms with Crippen LogP contribution in [0.5, 0.6) is 5.75 Å².